The Morgan fingerprint density at radius 3 is 2.04 bits per heavy atom. The molecule has 1 unspecified atom stereocenters. The lowest BCUT2D eigenvalue weighted by atomic mass is 10.1. The molecular formula is C21H20FNO2S. The summed E-state index contributed by atoms with van der Waals surface area (Å²) in [7, 11) is -3.95. The molecule has 3 aromatic carbocycles. The molecule has 0 aromatic heterocycles. The first-order valence-electron chi connectivity index (χ1n) is 8.32. The normalized spacial score (nSPS) is 12.6. The number of aryl methyl sites for hydroxylation is 1. The van der Waals surface area contributed by atoms with E-state index in [1.165, 1.54) is 16.4 Å². The predicted molar refractivity (Wildman–Crippen MR) is 102 cm³/mol. The maximum atomic E-state index is 14.0. The molecule has 0 bridgehead atoms. The first kappa shape index (κ1) is 18.1. The fourth-order valence-corrected chi connectivity index (χ4v) is 4.52. The molecule has 0 N–H and O–H groups in total. The molecule has 0 saturated heterocycles. The van der Waals surface area contributed by atoms with E-state index in [2.05, 4.69) is 0 Å². The minimum absolute atomic E-state index is 0.0627. The molecule has 0 aliphatic rings. The van der Waals surface area contributed by atoms with Crippen molar-refractivity contribution in [3.63, 3.8) is 0 Å². The lowest BCUT2D eigenvalue weighted by molar-refractivity contribution is 0.578. The Hall–Kier alpha value is -2.66. The van der Waals surface area contributed by atoms with E-state index in [0.29, 0.717) is 11.3 Å². The summed E-state index contributed by atoms with van der Waals surface area (Å²) in [6, 6.07) is 21.8. The number of anilines is 1. The van der Waals surface area contributed by atoms with Gasteiger partial charge in [0.1, 0.15) is 5.82 Å². The summed E-state index contributed by atoms with van der Waals surface area (Å²) in [5.74, 6) is -0.536. The first-order chi connectivity index (χ1) is 12.4. The number of benzene rings is 3. The van der Waals surface area contributed by atoms with E-state index in [9.17, 15) is 12.8 Å². The van der Waals surface area contributed by atoms with Crippen LogP contribution in [0.1, 0.15) is 24.1 Å². The van der Waals surface area contributed by atoms with Crippen molar-refractivity contribution < 1.29 is 12.8 Å². The molecule has 0 amide bonds. The zero-order valence-electron chi connectivity index (χ0n) is 14.6. The highest BCUT2D eigenvalue weighted by molar-refractivity contribution is 7.92. The second-order valence-corrected chi connectivity index (χ2v) is 7.95. The Labute approximate surface area is 153 Å². The van der Waals surface area contributed by atoms with E-state index in [4.69, 9.17) is 0 Å². The van der Waals surface area contributed by atoms with Gasteiger partial charge < -0.3 is 0 Å². The minimum atomic E-state index is -3.95. The number of rotatable bonds is 5. The maximum Gasteiger partial charge on any atom is 0.264 e. The second kappa shape index (κ2) is 7.30. The van der Waals surface area contributed by atoms with Gasteiger partial charge in [-0.1, -0.05) is 54.6 Å². The molecule has 0 spiro atoms. The second-order valence-electron chi connectivity index (χ2n) is 6.13. The third kappa shape index (κ3) is 3.48. The van der Waals surface area contributed by atoms with E-state index in [1.54, 1.807) is 31.2 Å². The van der Waals surface area contributed by atoms with Crippen LogP contribution in [-0.2, 0) is 10.0 Å². The quantitative estimate of drug-likeness (QED) is 0.628. The Kier molecular flexibility index (Phi) is 5.09. The van der Waals surface area contributed by atoms with Crippen LogP contribution >= 0.6 is 0 Å². The summed E-state index contributed by atoms with van der Waals surface area (Å²) in [5.41, 5.74) is 1.80. The van der Waals surface area contributed by atoms with Gasteiger partial charge in [-0.2, -0.15) is 0 Å². The summed E-state index contributed by atoms with van der Waals surface area (Å²) in [5, 5.41) is 0. The highest BCUT2D eigenvalue weighted by Crippen LogP contribution is 2.33. The molecule has 1 atom stereocenters. The third-order valence-electron chi connectivity index (χ3n) is 4.34. The van der Waals surface area contributed by atoms with E-state index >= 15 is 0 Å². The number of nitrogens with zero attached hydrogens (tertiary/aromatic N) is 1. The van der Waals surface area contributed by atoms with E-state index in [1.807, 2.05) is 43.3 Å². The molecule has 134 valence electrons. The predicted octanol–water partition coefficient (Wildman–Crippen LogP) is 5.09. The van der Waals surface area contributed by atoms with Crippen molar-refractivity contribution in [1.82, 2.24) is 0 Å². The SMILES string of the molecule is Cc1ccc(S(=O)(=O)N(c2ccccc2)C(C)c2ccccc2)cc1F. The molecule has 0 heterocycles. The molecule has 0 radical (unpaired) electrons. The van der Waals surface area contributed by atoms with Crippen molar-refractivity contribution in [1.29, 1.82) is 0 Å². The van der Waals surface area contributed by atoms with Gasteiger partial charge >= 0.3 is 0 Å². The Morgan fingerprint density at radius 2 is 1.46 bits per heavy atom. The lowest BCUT2D eigenvalue weighted by Gasteiger charge is -2.31. The van der Waals surface area contributed by atoms with E-state index in [0.717, 1.165) is 11.6 Å². The number of halogens is 1. The van der Waals surface area contributed by atoms with E-state index < -0.39 is 21.9 Å². The van der Waals surface area contributed by atoms with Crippen LogP contribution in [0.15, 0.2) is 83.8 Å². The Morgan fingerprint density at radius 1 is 0.885 bits per heavy atom. The molecular weight excluding hydrogens is 349 g/mol. The van der Waals surface area contributed by atoms with Crippen molar-refractivity contribution in [2.75, 3.05) is 4.31 Å². The largest absolute Gasteiger partial charge is 0.264 e. The van der Waals surface area contributed by atoms with Crippen LogP contribution in [0.25, 0.3) is 0 Å². The Bertz CT molecular complexity index is 989. The summed E-state index contributed by atoms with van der Waals surface area (Å²) in [4.78, 5) is -0.0627. The van der Waals surface area contributed by atoms with Crippen LogP contribution in [0, 0.1) is 12.7 Å². The van der Waals surface area contributed by atoms with Gasteiger partial charge in [0.2, 0.25) is 0 Å². The summed E-state index contributed by atoms with van der Waals surface area (Å²) >= 11 is 0. The highest BCUT2D eigenvalue weighted by Gasteiger charge is 2.30. The average molecular weight is 369 g/mol. The number of para-hydroxylation sites is 1. The monoisotopic (exact) mass is 369 g/mol. The van der Waals surface area contributed by atoms with Gasteiger partial charge in [0, 0.05) is 0 Å². The molecule has 0 fully saturated rings. The maximum absolute atomic E-state index is 14.0. The zero-order valence-corrected chi connectivity index (χ0v) is 15.4. The number of hydrogen-bond acceptors (Lipinski definition) is 2. The van der Waals surface area contributed by atoms with Crippen molar-refractivity contribution >= 4 is 15.7 Å². The smallest absolute Gasteiger partial charge is 0.259 e. The van der Waals surface area contributed by atoms with Crippen LogP contribution in [0.3, 0.4) is 0 Å². The van der Waals surface area contributed by atoms with Crippen molar-refractivity contribution in [3.8, 4) is 0 Å². The van der Waals surface area contributed by atoms with Crippen molar-refractivity contribution in [3.05, 3.63) is 95.8 Å². The minimum Gasteiger partial charge on any atom is -0.259 e. The fraction of sp³-hybridized carbons (Fsp3) is 0.143. The highest BCUT2D eigenvalue weighted by atomic mass is 32.2. The van der Waals surface area contributed by atoms with Gasteiger partial charge in [-0.3, -0.25) is 4.31 Å². The average Bonchev–Trinajstić information content (AvgIpc) is 2.65. The topological polar surface area (TPSA) is 37.4 Å². The van der Waals surface area contributed by atoms with Crippen LogP contribution in [0.2, 0.25) is 0 Å². The van der Waals surface area contributed by atoms with Crippen LogP contribution in [0.4, 0.5) is 10.1 Å². The number of hydrogen-bond donors (Lipinski definition) is 0. The summed E-state index contributed by atoms with van der Waals surface area (Å²) in [6.45, 7) is 3.43. The van der Waals surface area contributed by atoms with Crippen molar-refractivity contribution in [2.24, 2.45) is 0 Å². The molecule has 3 rings (SSSR count). The van der Waals surface area contributed by atoms with Crippen molar-refractivity contribution in [2.45, 2.75) is 24.8 Å². The fourth-order valence-electron chi connectivity index (χ4n) is 2.86. The molecule has 3 nitrogen and oxygen atoms in total. The molecule has 26 heavy (non-hydrogen) atoms. The van der Waals surface area contributed by atoms with Crippen LogP contribution < -0.4 is 4.31 Å². The number of sulfonamides is 1. The molecule has 0 aliphatic heterocycles. The lowest BCUT2D eigenvalue weighted by Crippen LogP contribution is -2.33. The summed E-state index contributed by atoms with van der Waals surface area (Å²) < 4.78 is 42.1. The molecule has 0 saturated carbocycles. The van der Waals surface area contributed by atoms with Gasteiger partial charge in [0.25, 0.3) is 10.0 Å². The van der Waals surface area contributed by atoms with Crippen LogP contribution in [-0.4, -0.2) is 8.42 Å². The zero-order chi connectivity index (χ0) is 18.7. The van der Waals surface area contributed by atoms with Gasteiger partial charge in [-0.25, -0.2) is 12.8 Å². The van der Waals surface area contributed by atoms with Gasteiger partial charge in [-0.05, 0) is 49.2 Å². The third-order valence-corrected chi connectivity index (χ3v) is 6.24. The van der Waals surface area contributed by atoms with Crippen LogP contribution in [0.5, 0.6) is 0 Å². The molecule has 5 heteroatoms. The van der Waals surface area contributed by atoms with Gasteiger partial charge in [0.15, 0.2) is 0 Å². The molecule has 0 aliphatic carbocycles. The summed E-state index contributed by atoms with van der Waals surface area (Å²) in [6.07, 6.45) is 0. The standard InChI is InChI=1S/C21H20FNO2S/c1-16-13-14-20(15-21(16)22)26(24,25)23(19-11-7-4-8-12-19)17(2)18-9-5-3-6-10-18/h3-15,17H,1-2H3. The van der Waals surface area contributed by atoms with Gasteiger partial charge in [0.05, 0.1) is 16.6 Å². The Balaban J connectivity index is 2.15. The molecule has 3 aromatic rings. The first-order valence-corrected chi connectivity index (χ1v) is 9.76. The van der Waals surface area contributed by atoms with E-state index in [-0.39, 0.29) is 4.90 Å². The van der Waals surface area contributed by atoms with Gasteiger partial charge in [-0.15, -0.1) is 0 Å².